The topological polar surface area (TPSA) is 0 Å². The molecule has 0 aliphatic heterocycles. The van der Waals surface area contributed by atoms with E-state index in [0.717, 1.165) is 0 Å². The molecule has 1 aromatic rings. The van der Waals surface area contributed by atoms with Gasteiger partial charge in [0.1, 0.15) is 18.8 Å². The van der Waals surface area contributed by atoms with Crippen molar-refractivity contribution >= 4 is 58.7 Å². The van der Waals surface area contributed by atoms with Gasteiger partial charge < -0.3 is 0 Å². The average molecular weight is 409 g/mol. The Balaban J connectivity index is 3.92. The zero-order valence-corrected chi connectivity index (χ0v) is 20.9. The summed E-state index contributed by atoms with van der Waals surface area (Å²) in [7, 11) is 8.47. The molecule has 0 saturated heterocycles. The fraction of sp³-hybridized carbons (Fsp3) is 0.632. The van der Waals surface area contributed by atoms with Crippen molar-refractivity contribution in [3.63, 3.8) is 0 Å². The van der Waals surface area contributed by atoms with E-state index in [0.29, 0.717) is 0 Å². The zero-order chi connectivity index (χ0) is 18.9. The van der Waals surface area contributed by atoms with Crippen LogP contribution in [0.2, 0.25) is 0 Å². The van der Waals surface area contributed by atoms with Crippen LogP contribution in [-0.4, -0.2) is 22.7 Å². The van der Waals surface area contributed by atoms with Crippen LogP contribution in [0.25, 0.3) is 0 Å². The minimum absolute atomic E-state index is 0.113. The van der Waals surface area contributed by atoms with Crippen molar-refractivity contribution < 1.29 is 0 Å². The van der Waals surface area contributed by atoms with Gasteiger partial charge in [0, 0.05) is 5.30 Å². The lowest BCUT2D eigenvalue weighted by Crippen LogP contribution is -2.30. The van der Waals surface area contributed by atoms with Crippen molar-refractivity contribution in [3.8, 4) is 0 Å². The molecule has 130 valence electrons. The van der Waals surface area contributed by atoms with Gasteiger partial charge in [-0.3, -0.25) is 0 Å². The van der Waals surface area contributed by atoms with Crippen LogP contribution >= 0.6 is 30.6 Å². The van der Waals surface area contributed by atoms with Crippen LogP contribution in [0.15, 0.2) is 12.1 Å². The average Bonchev–Trinajstić information content (AvgIpc) is 2.40. The van der Waals surface area contributed by atoms with Gasteiger partial charge in [0.05, 0.1) is 3.96 Å². The Morgan fingerprint density at radius 2 is 1.12 bits per heavy atom. The molecule has 0 N–H and O–H groups in total. The highest BCUT2D eigenvalue weighted by Crippen LogP contribution is 2.36. The summed E-state index contributed by atoms with van der Waals surface area (Å²) < 4.78 is 1.29. The van der Waals surface area contributed by atoms with Gasteiger partial charge in [0.25, 0.3) is 0 Å². The second kappa shape index (κ2) is 8.04. The van der Waals surface area contributed by atoms with Gasteiger partial charge in [-0.2, -0.15) is 0 Å². The second-order valence-corrected chi connectivity index (χ2v) is 13.7. The molecule has 0 unspecified atom stereocenters. The maximum Gasteiger partial charge on any atom is 0.128 e. The van der Waals surface area contributed by atoms with E-state index in [-0.39, 0.29) is 16.2 Å². The molecule has 24 heavy (non-hydrogen) atoms. The highest BCUT2D eigenvalue weighted by atomic mass is 32.4. The Kier molecular flexibility index (Phi) is 7.56. The first-order valence-corrected chi connectivity index (χ1v) is 13.1. The van der Waals surface area contributed by atoms with E-state index in [1.807, 2.05) is 0 Å². The Bertz CT molecular complexity index is 577. The quantitative estimate of drug-likeness (QED) is 0.453. The van der Waals surface area contributed by atoms with E-state index >= 15 is 0 Å². The fourth-order valence-electron chi connectivity index (χ4n) is 2.49. The van der Waals surface area contributed by atoms with Crippen molar-refractivity contribution in [1.29, 1.82) is 0 Å². The Morgan fingerprint density at radius 3 is 1.38 bits per heavy atom. The standard InChI is InChI=1S/C19H29PS2Si2/c1-17(2,3)12-10-13(18(4,5)6)15(20-16(21-23)22-24)14(11-12)19(7,8)9/h10-11H,1-9H3. The van der Waals surface area contributed by atoms with E-state index in [4.69, 9.17) is 0 Å². The van der Waals surface area contributed by atoms with Gasteiger partial charge in [0.15, 0.2) is 0 Å². The van der Waals surface area contributed by atoms with Crippen LogP contribution in [0.4, 0.5) is 0 Å². The predicted molar refractivity (Wildman–Crippen MR) is 121 cm³/mol. The Hall–Kier alpha value is 0.524. The first-order chi connectivity index (χ1) is 10.7. The lowest BCUT2D eigenvalue weighted by Gasteiger charge is -2.32. The molecule has 0 bridgehead atoms. The molecule has 0 fully saturated rings. The lowest BCUT2D eigenvalue weighted by atomic mass is 9.75. The van der Waals surface area contributed by atoms with Crippen LogP contribution in [0.1, 0.15) is 79.0 Å². The zero-order valence-electron chi connectivity index (χ0n) is 16.4. The van der Waals surface area contributed by atoms with Crippen LogP contribution < -0.4 is 5.30 Å². The minimum Gasteiger partial charge on any atom is -0.148 e. The molecule has 0 aliphatic rings. The van der Waals surface area contributed by atoms with E-state index < -0.39 is 0 Å². The molecule has 0 aromatic heterocycles. The maximum atomic E-state index is 3.60. The van der Waals surface area contributed by atoms with Gasteiger partial charge in [-0.05, 0) is 41.1 Å². The minimum atomic E-state index is 0.113. The van der Waals surface area contributed by atoms with Crippen molar-refractivity contribution in [3.05, 3.63) is 28.8 Å². The predicted octanol–water partition coefficient (Wildman–Crippen LogP) is 5.87. The molecule has 0 amide bonds. The monoisotopic (exact) mass is 408 g/mol. The van der Waals surface area contributed by atoms with Gasteiger partial charge in [-0.1, -0.05) is 74.4 Å². The summed E-state index contributed by atoms with van der Waals surface area (Å²) in [6.07, 6.45) is 0. The van der Waals surface area contributed by atoms with E-state index in [1.165, 1.54) is 34.2 Å². The molecule has 0 nitrogen and oxygen atoms in total. The SMILES string of the molecule is CC(C)(C)c1cc(C(C)(C)C)c(P=C(S[Si])S[Si])c(C(C)(C)C)c1. The second-order valence-electron chi connectivity index (χ2n) is 9.25. The molecule has 1 rings (SSSR count). The van der Waals surface area contributed by atoms with Crippen molar-refractivity contribution in [1.82, 2.24) is 0 Å². The summed E-state index contributed by atoms with van der Waals surface area (Å²) >= 11 is 3.27. The van der Waals surface area contributed by atoms with Crippen molar-refractivity contribution in [2.24, 2.45) is 0 Å². The molecule has 0 saturated carbocycles. The molecule has 0 aliphatic carbocycles. The molecule has 1 aromatic carbocycles. The number of rotatable bonds is 3. The number of benzene rings is 1. The van der Waals surface area contributed by atoms with Crippen molar-refractivity contribution in [2.45, 2.75) is 78.6 Å². The Labute approximate surface area is 165 Å². The molecule has 5 heteroatoms. The summed E-state index contributed by atoms with van der Waals surface area (Å²) in [5, 5.41) is 1.45. The summed E-state index contributed by atoms with van der Waals surface area (Å²) in [6, 6.07) is 4.87. The highest BCUT2D eigenvalue weighted by Gasteiger charge is 2.28. The third kappa shape index (κ3) is 5.77. The largest absolute Gasteiger partial charge is 0.148 e. The third-order valence-electron chi connectivity index (χ3n) is 3.97. The van der Waals surface area contributed by atoms with Crippen LogP contribution in [0, 0.1) is 0 Å². The number of hydrogen-bond donors (Lipinski definition) is 0. The van der Waals surface area contributed by atoms with Crippen molar-refractivity contribution in [2.75, 3.05) is 0 Å². The summed E-state index contributed by atoms with van der Waals surface area (Å²) in [4.78, 5) is 0. The third-order valence-corrected chi connectivity index (χ3v) is 9.95. The number of hydrogen-bond acceptors (Lipinski definition) is 2. The molecule has 0 heterocycles. The highest BCUT2D eigenvalue weighted by molar-refractivity contribution is 8.57. The summed E-state index contributed by atoms with van der Waals surface area (Å²) in [5.74, 6) is 0. The fourth-order valence-corrected chi connectivity index (χ4v) is 7.11. The normalized spacial score (nSPS) is 13.5. The smallest absolute Gasteiger partial charge is 0.128 e. The van der Waals surface area contributed by atoms with Gasteiger partial charge in [0.2, 0.25) is 0 Å². The van der Waals surface area contributed by atoms with Crippen LogP contribution in [0.3, 0.4) is 0 Å². The van der Waals surface area contributed by atoms with Crippen LogP contribution in [0.5, 0.6) is 0 Å². The van der Waals surface area contributed by atoms with Gasteiger partial charge >= 0.3 is 0 Å². The van der Waals surface area contributed by atoms with Gasteiger partial charge in [-0.25, -0.2) is 0 Å². The van der Waals surface area contributed by atoms with E-state index in [2.05, 4.69) is 93.2 Å². The molecule has 0 spiro atoms. The maximum absolute atomic E-state index is 3.60. The first-order valence-electron chi connectivity index (χ1n) is 8.17. The Morgan fingerprint density at radius 1 is 0.750 bits per heavy atom. The molecular formula is C19H29PS2Si2. The molecule has 0 atom stereocenters. The summed E-state index contributed by atoms with van der Waals surface area (Å²) in [5.41, 5.74) is 4.72. The van der Waals surface area contributed by atoms with Gasteiger partial charge in [-0.15, -0.1) is 22.4 Å². The van der Waals surface area contributed by atoms with E-state index in [9.17, 15) is 0 Å². The van der Waals surface area contributed by atoms with Crippen LogP contribution in [-0.2, 0) is 16.2 Å². The lowest BCUT2D eigenvalue weighted by molar-refractivity contribution is 0.554. The molecular weight excluding hydrogens is 379 g/mol. The van der Waals surface area contributed by atoms with E-state index in [1.54, 1.807) is 22.4 Å². The molecule has 6 radical (unpaired) electrons. The first kappa shape index (κ1) is 22.6. The summed E-state index contributed by atoms with van der Waals surface area (Å²) in [6.45, 7) is 20.8.